The van der Waals surface area contributed by atoms with E-state index in [0.29, 0.717) is 11.3 Å². The third-order valence-corrected chi connectivity index (χ3v) is 5.36. The third kappa shape index (κ3) is 3.65. The third-order valence-electron chi connectivity index (χ3n) is 5.36. The zero-order valence-corrected chi connectivity index (χ0v) is 15.3. The Morgan fingerprint density at radius 3 is 2.81 bits per heavy atom. The molecular formula is C20H23N5O2. The van der Waals surface area contributed by atoms with Gasteiger partial charge in [-0.3, -0.25) is 4.79 Å². The van der Waals surface area contributed by atoms with E-state index in [1.807, 2.05) is 4.90 Å². The average molecular weight is 365 g/mol. The van der Waals surface area contributed by atoms with E-state index in [0.717, 1.165) is 56.8 Å². The van der Waals surface area contributed by atoms with Gasteiger partial charge in [0.25, 0.3) is 5.91 Å². The number of benzene rings is 1. The first-order chi connectivity index (χ1) is 13.3. The Bertz CT molecular complexity index is 852. The number of carbonyl (C=O) groups excluding carboxylic acids is 1. The molecule has 0 spiro atoms. The topological polar surface area (TPSA) is 84.0 Å². The van der Waals surface area contributed by atoms with E-state index in [4.69, 9.17) is 10.00 Å². The summed E-state index contributed by atoms with van der Waals surface area (Å²) in [5.41, 5.74) is 0.570. The second-order valence-electron chi connectivity index (χ2n) is 7.11. The van der Waals surface area contributed by atoms with Crippen LogP contribution in [0.25, 0.3) is 0 Å². The number of hydrogen-bond donors (Lipinski definition) is 0. The van der Waals surface area contributed by atoms with Gasteiger partial charge in [0.2, 0.25) is 0 Å². The predicted molar refractivity (Wildman–Crippen MR) is 97.9 cm³/mol. The molecule has 0 N–H and O–H groups in total. The molecule has 4 rings (SSSR count). The number of amides is 1. The Hall–Kier alpha value is -2.88. The minimum Gasteiger partial charge on any atom is -0.484 e. The lowest BCUT2D eigenvalue weighted by Crippen LogP contribution is -2.35. The quantitative estimate of drug-likeness (QED) is 0.831. The summed E-state index contributed by atoms with van der Waals surface area (Å²) in [7, 11) is 0. The number of nitrogens with zero attached hydrogens (tertiary/aromatic N) is 5. The van der Waals surface area contributed by atoms with E-state index in [1.165, 1.54) is 6.42 Å². The van der Waals surface area contributed by atoms with E-state index < -0.39 is 0 Å². The first-order valence-corrected chi connectivity index (χ1v) is 9.60. The summed E-state index contributed by atoms with van der Waals surface area (Å²) in [6.07, 6.45) is 6.37. The fourth-order valence-electron chi connectivity index (χ4n) is 3.94. The number of aryl methyl sites for hydroxylation is 1. The molecule has 0 bridgehead atoms. The first kappa shape index (κ1) is 17.5. The molecule has 0 saturated carbocycles. The lowest BCUT2D eigenvalue weighted by atomic mass is 10.2. The van der Waals surface area contributed by atoms with Gasteiger partial charge in [-0.05, 0) is 49.9 Å². The molecule has 2 aliphatic heterocycles. The highest BCUT2D eigenvalue weighted by molar-refractivity contribution is 5.78. The van der Waals surface area contributed by atoms with Crippen LogP contribution in [0.4, 0.5) is 0 Å². The summed E-state index contributed by atoms with van der Waals surface area (Å²) < 4.78 is 7.86. The summed E-state index contributed by atoms with van der Waals surface area (Å²) in [4.78, 5) is 14.7. The zero-order chi connectivity index (χ0) is 18.6. The molecule has 0 aliphatic carbocycles. The lowest BCUT2D eigenvalue weighted by molar-refractivity contribution is -0.134. The van der Waals surface area contributed by atoms with E-state index >= 15 is 0 Å². The molecule has 7 nitrogen and oxygen atoms in total. The first-order valence-electron chi connectivity index (χ1n) is 9.60. The maximum Gasteiger partial charge on any atom is 0.261 e. The van der Waals surface area contributed by atoms with Crippen molar-refractivity contribution in [1.29, 1.82) is 5.26 Å². The number of nitriles is 1. The molecule has 2 aromatic rings. The van der Waals surface area contributed by atoms with Crippen LogP contribution in [0.5, 0.6) is 5.75 Å². The van der Waals surface area contributed by atoms with Gasteiger partial charge in [-0.1, -0.05) is 6.42 Å². The van der Waals surface area contributed by atoms with Gasteiger partial charge >= 0.3 is 0 Å². The second-order valence-corrected chi connectivity index (χ2v) is 7.11. The minimum atomic E-state index is -0.0344. The largest absolute Gasteiger partial charge is 0.484 e. The van der Waals surface area contributed by atoms with Crippen molar-refractivity contribution in [2.24, 2.45) is 0 Å². The van der Waals surface area contributed by atoms with Crippen LogP contribution in [0.15, 0.2) is 24.3 Å². The Kier molecular flexibility index (Phi) is 5.05. The summed E-state index contributed by atoms with van der Waals surface area (Å²) in [5, 5.41) is 17.7. The molecule has 7 heteroatoms. The van der Waals surface area contributed by atoms with Crippen LogP contribution < -0.4 is 4.74 Å². The lowest BCUT2D eigenvalue weighted by Gasteiger charge is -2.24. The van der Waals surface area contributed by atoms with Crippen molar-refractivity contribution in [1.82, 2.24) is 19.7 Å². The molecule has 2 aliphatic rings. The normalized spacial score (nSPS) is 19.2. The smallest absolute Gasteiger partial charge is 0.261 e. The van der Waals surface area contributed by atoms with Crippen LogP contribution in [0, 0.1) is 11.3 Å². The minimum absolute atomic E-state index is 0.0105. The molecule has 1 atom stereocenters. The highest BCUT2D eigenvalue weighted by Gasteiger charge is 2.34. The standard InChI is InChI=1S/C20H23N5O2/c21-13-15-7-9-16(10-8-15)27-14-19(26)24-12-4-5-17(24)20-23-22-18-6-2-1-3-11-25(18)20/h7-10,17H,1-6,11-12,14H2. The molecule has 1 unspecified atom stereocenters. The van der Waals surface area contributed by atoms with Gasteiger partial charge in [0.1, 0.15) is 11.6 Å². The van der Waals surface area contributed by atoms with Crippen LogP contribution in [-0.4, -0.2) is 38.7 Å². The van der Waals surface area contributed by atoms with Crippen LogP contribution in [0.1, 0.15) is 55.4 Å². The Morgan fingerprint density at radius 2 is 2.00 bits per heavy atom. The summed E-state index contributed by atoms with van der Waals surface area (Å²) in [6.45, 7) is 1.66. The van der Waals surface area contributed by atoms with Crippen molar-refractivity contribution in [3.8, 4) is 11.8 Å². The van der Waals surface area contributed by atoms with Crippen molar-refractivity contribution in [3.05, 3.63) is 41.5 Å². The van der Waals surface area contributed by atoms with Gasteiger partial charge < -0.3 is 14.2 Å². The number of rotatable bonds is 4. The molecule has 0 radical (unpaired) electrons. The fraction of sp³-hybridized carbons (Fsp3) is 0.500. The highest BCUT2D eigenvalue weighted by atomic mass is 16.5. The number of aromatic nitrogens is 3. The molecule has 3 heterocycles. The van der Waals surface area contributed by atoms with E-state index in [-0.39, 0.29) is 18.6 Å². The van der Waals surface area contributed by atoms with E-state index in [2.05, 4.69) is 20.8 Å². The molecule has 1 amide bonds. The molecule has 1 aromatic heterocycles. The van der Waals surface area contributed by atoms with Gasteiger partial charge in [-0.15, -0.1) is 10.2 Å². The highest BCUT2D eigenvalue weighted by Crippen LogP contribution is 2.32. The zero-order valence-electron chi connectivity index (χ0n) is 15.3. The molecule has 1 saturated heterocycles. The molecule has 27 heavy (non-hydrogen) atoms. The van der Waals surface area contributed by atoms with Crippen molar-refractivity contribution in [2.45, 2.75) is 51.1 Å². The number of fused-ring (bicyclic) bond motifs is 1. The number of ether oxygens (including phenoxy) is 1. The Morgan fingerprint density at radius 1 is 1.15 bits per heavy atom. The van der Waals surface area contributed by atoms with Crippen LogP contribution in [0.2, 0.25) is 0 Å². The Balaban J connectivity index is 1.44. The molecule has 1 aromatic carbocycles. The van der Waals surface area contributed by atoms with E-state index in [9.17, 15) is 4.79 Å². The fourth-order valence-corrected chi connectivity index (χ4v) is 3.94. The maximum absolute atomic E-state index is 12.8. The second kappa shape index (κ2) is 7.78. The van der Waals surface area contributed by atoms with E-state index in [1.54, 1.807) is 24.3 Å². The van der Waals surface area contributed by atoms with Gasteiger partial charge in [-0.25, -0.2) is 0 Å². The van der Waals surface area contributed by atoms with Crippen molar-refractivity contribution in [2.75, 3.05) is 13.2 Å². The SMILES string of the molecule is N#Cc1ccc(OCC(=O)N2CCCC2c2nnc3n2CCCCC3)cc1. The van der Waals surface area contributed by atoms with Gasteiger partial charge in [0.15, 0.2) is 12.4 Å². The van der Waals surface area contributed by atoms with Crippen LogP contribution in [-0.2, 0) is 17.8 Å². The van der Waals surface area contributed by atoms with Crippen molar-refractivity contribution in [3.63, 3.8) is 0 Å². The van der Waals surface area contributed by atoms with Gasteiger partial charge in [-0.2, -0.15) is 5.26 Å². The Labute approximate surface area is 158 Å². The molecular weight excluding hydrogens is 342 g/mol. The van der Waals surface area contributed by atoms with Gasteiger partial charge in [0, 0.05) is 19.5 Å². The summed E-state index contributed by atoms with van der Waals surface area (Å²) >= 11 is 0. The predicted octanol–water partition coefficient (Wildman–Crippen LogP) is 2.62. The summed E-state index contributed by atoms with van der Waals surface area (Å²) in [5.74, 6) is 2.54. The van der Waals surface area contributed by atoms with Gasteiger partial charge in [0.05, 0.1) is 17.7 Å². The summed E-state index contributed by atoms with van der Waals surface area (Å²) in [6, 6.07) is 8.85. The van der Waals surface area contributed by atoms with Crippen molar-refractivity contribution < 1.29 is 9.53 Å². The molecule has 140 valence electrons. The molecule has 1 fully saturated rings. The number of likely N-dealkylation sites (tertiary alicyclic amines) is 1. The van der Waals surface area contributed by atoms with Crippen LogP contribution >= 0.6 is 0 Å². The monoisotopic (exact) mass is 365 g/mol. The number of hydrogen-bond acceptors (Lipinski definition) is 5. The van der Waals surface area contributed by atoms with Crippen LogP contribution in [0.3, 0.4) is 0 Å². The number of carbonyl (C=O) groups is 1. The maximum atomic E-state index is 12.8. The van der Waals surface area contributed by atoms with Crippen molar-refractivity contribution >= 4 is 5.91 Å². The average Bonchev–Trinajstić information content (AvgIpc) is 3.27.